The maximum Gasteiger partial charge on any atom is 0.215 e. The number of fused-ring (bicyclic) bond motifs is 1. The zero-order chi connectivity index (χ0) is 9.31. The third kappa shape index (κ3) is 1.25. The largest absolute Gasteiger partial charge is 0.600 e. The zero-order valence-corrected chi connectivity index (χ0v) is 7.40. The molecule has 4 nitrogen and oxygen atoms in total. The Kier molecular flexibility index (Phi) is 1.88. The van der Waals surface area contributed by atoms with E-state index in [1.165, 1.54) is 6.34 Å². The minimum atomic E-state index is -0.646. The molecule has 1 atom stereocenters. The van der Waals surface area contributed by atoms with Crippen molar-refractivity contribution in [3.8, 4) is 0 Å². The molecule has 1 aromatic rings. The first-order chi connectivity index (χ1) is 6.26. The Morgan fingerprint density at radius 1 is 1.46 bits per heavy atom. The third-order valence-corrected chi connectivity index (χ3v) is 1.99. The standard InChI is InChI=1S/C9H11N3O/c1-2-11-12(13)7-10-8-5-3-4-6-9(8)12/h3-7,11H,2H2,1H3. The fourth-order valence-electron chi connectivity index (χ4n) is 1.42. The minimum absolute atomic E-state index is 0.615. The number of benzene rings is 1. The van der Waals surface area contributed by atoms with Crippen molar-refractivity contribution in [3.05, 3.63) is 29.5 Å². The fourth-order valence-corrected chi connectivity index (χ4v) is 1.42. The van der Waals surface area contributed by atoms with Gasteiger partial charge in [-0.3, -0.25) is 0 Å². The highest BCUT2D eigenvalue weighted by molar-refractivity contribution is 5.88. The molecule has 1 unspecified atom stereocenters. The molecule has 0 bridgehead atoms. The summed E-state index contributed by atoms with van der Waals surface area (Å²) in [6.45, 7) is 2.51. The van der Waals surface area contributed by atoms with Crippen LogP contribution in [0, 0.1) is 5.21 Å². The van der Waals surface area contributed by atoms with Crippen molar-refractivity contribution in [1.82, 2.24) is 10.2 Å². The number of nitrogens with one attached hydrogen (secondary N) is 1. The van der Waals surface area contributed by atoms with E-state index in [0.29, 0.717) is 12.2 Å². The van der Waals surface area contributed by atoms with Crippen LogP contribution in [0.15, 0.2) is 29.3 Å². The molecule has 0 saturated heterocycles. The van der Waals surface area contributed by atoms with Gasteiger partial charge in [0.2, 0.25) is 6.34 Å². The van der Waals surface area contributed by atoms with E-state index in [1.54, 1.807) is 6.07 Å². The average molecular weight is 177 g/mol. The molecule has 1 aliphatic heterocycles. The molecular formula is C9H11N3O. The molecule has 0 amide bonds. The van der Waals surface area contributed by atoms with Gasteiger partial charge in [0.05, 0.1) is 0 Å². The van der Waals surface area contributed by atoms with Crippen LogP contribution in [0.1, 0.15) is 6.92 Å². The number of quaternary nitrogens is 1. The lowest BCUT2D eigenvalue weighted by atomic mass is 10.3. The normalized spacial score (nSPS) is 24.8. The molecule has 0 radical (unpaired) electrons. The highest BCUT2D eigenvalue weighted by Crippen LogP contribution is 2.35. The second-order valence-electron chi connectivity index (χ2n) is 2.90. The molecular weight excluding hydrogens is 166 g/mol. The van der Waals surface area contributed by atoms with Gasteiger partial charge in [0.25, 0.3) is 0 Å². The van der Waals surface area contributed by atoms with E-state index in [4.69, 9.17) is 0 Å². The fraction of sp³-hybridized carbons (Fsp3) is 0.222. The van der Waals surface area contributed by atoms with Crippen LogP contribution in [0.2, 0.25) is 0 Å². The van der Waals surface area contributed by atoms with Crippen molar-refractivity contribution in [2.24, 2.45) is 4.99 Å². The lowest BCUT2D eigenvalue weighted by Gasteiger charge is -2.33. The molecule has 0 saturated carbocycles. The van der Waals surface area contributed by atoms with Crippen molar-refractivity contribution in [2.75, 3.05) is 6.54 Å². The molecule has 68 valence electrons. The molecule has 1 aromatic carbocycles. The summed E-state index contributed by atoms with van der Waals surface area (Å²) in [5.41, 5.74) is 4.22. The van der Waals surface area contributed by atoms with Gasteiger partial charge in [0.1, 0.15) is 5.69 Å². The molecule has 0 fully saturated rings. The molecule has 0 aliphatic carbocycles. The van der Waals surface area contributed by atoms with Crippen molar-refractivity contribution < 1.29 is 0 Å². The van der Waals surface area contributed by atoms with Crippen LogP contribution in [0.3, 0.4) is 0 Å². The van der Waals surface area contributed by atoms with E-state index in [1.807, 2.05) is 25.1 Å². The first-order valence-corrected chi connectivity index (χ1v) is 4.26. The SMILES string of the molecule is CCN[N+]1([O-])C=Nc2ccccc21. The Hall–Kier alpha value is -1.23. The number of hydrogen-bond acceptors (Lipinski definition) is 3. The molecule has 1 aliphatic rings. The first-order valence-electron chi connectivity index (χ1n) is 4.26. The molecule has 2 rings (SSSR count). The summed E-state index contributed by atoms with van der Waals surface area (Å²) in [6, 6.07) is 7.34. The van der Waals surface area contributed by atoms with Crippen LogP contribution in [-0.4, -0.2) is 12.9 Å². The van der Waals surface area contributed by atoms with Crippen molar-refractivity contribution in [3.63, 3.8) is 0 Å². The van der Waals surface area contributed by atoms with E-state index in [9.17, 15) is 5.21 Å². The number of hydrogen-bond donors (Lipinski definition) is 1. The van der Waals surface area contributed by atoms with E-state index in [0.717, 1.165) is 5.69 Å². The third-order valence-electron chi connectivity index (χ3n) is 1.99. The predicted octanol–water partition coefficient (Wildman–Crippen LogP) is 1.69. The lowest BCUT2D eigenvalue weighted by molar-refractivity contribution is 0.428. The van der Waals surface area contributed by atoms with Crippen LogP contribution >= 0.6 is 0 Å². The smallest absolute Gasteiger partial charge is 0.215 e. The number of aliphatic imine (C=N–C) groups is 1. The van der Waals surface area contributed by atoms with Gasteiger partial charge in [-0.25, -0.2) is 4.76 Å². The minimum Gasteiger partial charge on any atom is -0.600 e. The Morgan fingerprint density at radius 3 is 3.00 bits per heavy atom. The van der Waals surface area contributed by atoms with Gasteiger partial charge < -0.3 is 5.21 Å². The highest BCUT2D eigenvalue weighted by atomic mass is 16.6. The molecule has 0 spiro atoms. The first kappa shape index (κ1) is 8.37. The van der Waals surface area contributed by atoms with Crippen LogP contribution in [0.25, 0.3) is 0 Å². The summed E-state index contributed by atoms with van der Waals surface area (Å²) in [4.78, 5) is 4.04. The number of para-hydroxylation sites is 2. The van der Waals surface area contributed by atoms with Crippen LogP contribution in [0.5, 0.6) is 0 Å². The van der Waals surface area contributed by atoms with Crippen LogP contribution < -0.4 is 10.2 Å². The number of nitrogens with zero attached hydrogens (tertiary/aromatic N) is 2. The quantitative estimate of drug-likeness (QED) is 0.552. The highest BCUT2D eigenvalue weighted by Gasteiger charge is 2.26. The maximum atomic E-state index is 12.0. The van der Waals surface area contributed by atoms with E-state index in [-0.39, 0.29) is 0 Å². The topological polar surface area (TPSA) is 47.4 Å². The molecule has 1 heterocycles. The van der Waals surface area contributed by atoms with Crippen LogP contribution in [-0.2, 0) is 0 Å². The Morgan fingerprint density at radius 2 is 2.23 bits per heavy atom. The summed E-state index contributed by atoms with van der Waals surface area (Å²) in [5.74, 6) is 0. The molecule has 1 N–H and O–H groups in total. The van der Waals surface area contributed by atoms with Gasteiger partial charge in [-0.2, -0.15) is 10.4 Å². The maximum absolute atomic E-state index is 12.0. The van der Waals surface area contributed by atoms with Crippen LogP contribution in [0.4, 0.5) is 11.4 Å². The van der Waals surface area contributed by atoms with E-state index in [2.05, 4.69) is 10.4 Å². The summed E-state index contributed by atoms with van der Waals surface area (Å²) < 4.78 is -0.646. The Labute approximate surface area is 76.7 Å². The van der Waals surface area contributed by atoms with Gasteiger partial charge in [-0.15, -0.1) is 0 Å². The average Bonchev–Trinajstić information content (AvgIpc) is 2.46. The van der Waals surface area contributed by atoms with Gasteiger partial charge in [-0.05, 0) is 13.0 Å². The van der Waals surface area contributed by atoms with E-state index >= 15 is 0 Å². The van der Waals surface area contributed by atoms with Gasteiger partial charge >= 0.3 is 0 Å². The van der Waals surface area contributed by atoms with Crippen molar-refractivity contribution in [1.29, 1.82) is 0 Å². The Bertz CT molecular complexity index is 350. The molecule has 4 heteroatoms. The van der Waals surface area contributed by atoms with Crippen molar-refractivity contribution >= 4 is 17.7 Å². The number of rotatable bonds is 2. The lowest BCUT2D eigenvalue weighted by Crippen LogP contribution is -2.52. The van der Waals surface area contributed by atoms with Crippen molar-refractivity contribution in [2.45, 2.75) is 6.92 Å². The monoisotopic (exact) mass is 177 g/mol. The summed E-state index contributed by atoms with van der Waals surface area (Å²) >= 11 is 0. The van der Waals surface area contributed by atoms with Gasteiger partial charge in [0.15, 0.2) is 5.69 Å². The Balaban J connectivity index is 2.42. The second-order valence-corrected chi connectivity index (χ2v) is 2.90. The summed E-state index contributed by atoms with van der Waals surface area (Å²) in [5, 5.41) is 12.0. The summed E-state index contributed by atoms with van der Waals surface area (Å²) in [6.07, 6.45) is 1.37. The zero-order valence-electron chi connectivity index (χ0n) is 7.40. The predicted molar refractivity (Wildman–Crippen MR) is 53.4 cm³/mol. The van der Waals surface area contributed by atoms with Gasteiger partial charge in [0, 0.05) is 12.6 Å². The molecule has 13 heavy (non-hydrogen) atoms. The van der Waals surface area contributed by atoms with E-state index < -0.39 is 4.76 Å². The number of hydroxylamine groups is 1. The second kappa shape index (κ2) is 2.92. The molecule has 0 aromatic heterocycles. The summed E-state index contributed by atoms with van der Waals surface area (Å²) in [7, 11) is 0. The van der Waals surface area contributed by atoms with Gasteiger partial charge in [-0.1, -0.05) is 12.1 Å².